The fraction of sp³-hybridized carbons (Fsp3) is 0.417. The molecule has 1 aliphatic heterocycles. The Morgan fingerprint density at radius 2 is 1.76 bits per heavy atom. The van der Waals surface area contributed by atoms with E-state index in [4.69, 9.17) is 5.73 Å². The molecule has 0 saturated carbocycles. The minimum atomic E-state index is -0.954. The number of carbonyl (C=O) groups is 2. The average molecular weight is 451 g/mol. The van der Waals surface area contributed by atoms with Gasteiger partial charge in [-0.3, -0.25) is 14.5 Å². The van der Waals surface area contributed by atoms with Gasteiger partial charge in [-0.1, -0.05) is 24.3 Å². The van der Waals surface area contributed by atoms with Crippen molar-refractivity contribution in [2.75, 3.05) is 37.6 Å². The van der Waals surface area contributed by atoms with Gasteiger partial charge < -0.3 is 15.7 Å². The van der Waals surface area contributed by atoms with Gasteiger partial charge in [-0.25, -0.2) is 4.98 Å². The Hall–Kier alpha value is -3.30. The lowest BCUT2D eigenvalue weighted by Gasteiger charge is -2.35. The lowest BCUT2D eigenvalue weighted by molar-refractivity contribution is -0.119. The number of aliphatic hydroxyl groups is 1. The highest BCUT2D eigenvalue weighted by atomic mass is 16.3. The second kappa shape index (κ2) is 8.92. The predicted octanol–water partition coefficient (Wildman–Crippen LogP) is 1.30. The van der Waals surface area contributed by atoms with E-state index in [2.05, 4.69) is 15.0 Å². The zero-order valence-electron chi connectivity index (χ0n) is 19.3. The molecule has 1 fully saturated rings. The maximum atomic E-state index is 13.0. The first-order valence-electron chi connectivity index (χ1n) is 11.1. The minimum Gasteiger partial charge on any atom is -0.386 e. The first-order valence-corrected chi connectivity index (χ1v) is 11.1. The maximum absolute atomic E-state index is 13.0. The van der Waals surface area contributed by atoms with Crippen molar-refractivity contribution in [2.24, 2.45) is 5.73 Å². The SMILES string of the molecule is Cc1cc2nc(CC(=O)c3ccc(C(C)(C)O)cc3)cc(N3CCN(CC(N)=O)CC3)n2n1. The van der Waals surface area contributed by atoms with Gasteiger partial charge in [-0.05, 0) is 26.3 Å². The summed E-state index contributed by atoms with van der Waals surface area (Å²) in [4.78, 5) is 33.1. The second-order valence-electron chi connectivity index (χ2n) is 9.13. The van der Waals surface area contributed by atoms with Crippen molar-refractivity contribution in [3.63, 3.8) is 0 Å². The fourth-order valence-electron chi connectivity index (χ4n) is 4.13. The predicted molar refractivity (Wildman–Crippen MR) is 125 cm³/mol. The van der Waals surface area contributed by atoms with Crippen molar-refractivity contribution in [1.29, 1.82) is 0 Å². The molecule has 3 N–H and O–H groups in total. The molecule has 33 heavy (non-hydrogen) atoms. The molecule has 0 unspecified atom stereocenters. The van der Waals surface area contributed by atoms with Crippen LogP contribution in [0.3, 0.4) is 0 Å². The quantitative estimate of drug-likeness (QED) is 0.521. The van der Waals surface area contributed by atoms with Gasteiger partial charge in [0.05, 0.1) is 30.0 Å². The summed E-state index contributed by atoms with van der Waals surface area (Å²) >= 11 is 0. The topological polar surface area (TPSA) is 117 Å². The first-order chi connectivity index (χ1) is 15.6. The summed E-state index contributed by atoms with van der Waals surface area (Å²) < 4.78 is 1.81. The third-order valence-corrected chi connectivity index (χ3v) is 5.91. The highest BCUT2D eigenvalue weighted by molar-refractivity contribution is 5.97. The molecule has 9 heteroatoms. The summed E-state index contributed by atoms with van der Waals surface area (Å²) in [5.41, 5.74) is 7.93. The number of piperazine rings is 1. The Labute approximate surface area is 192 Å². The number of anilines is 1. The number of amides is 1. The minimum absolute atomic E-state index is 0.0392. The van der Waals surface area contributed by atoms with Crippen LogP contribution in [0.4, 0.5) is 5.82 Å². The van der Waals surface area contributed by atoms with Gasteiger partial charge in [0.15, 0.2) is 11.4 Å². The molecule has 1 saturated heterocycles. The van der Waals surface area contributed by atoms with E-state index in [0.717, 1.165) is 43.3 Å². The van der Waals surface area contributed by atoms with E-state index < -0.39 is 5.60 Å². The zero-order valence-corrected chi connectivity index (χ0v) is 19.3. The van der Waals surface area contributed by atoms with Crippen LogP contribution in [0.2, 0.25) is 0 Å². The van der Waals surface area contributed by atoms with Crippen LogP contribution in [0.1, 0.15) is 41.2 Å². The van der Waals surface area contributed by atoms with Crippen LogP contribution in [0.15, 0.2) is 36.4 Å². The number of aryl methyl sites for hydroxylation is 1. The molecule has 4 rings (SSSR count). The van der Waals surface area contributed by atoms with Crippen LogP contribution >= 0.6 is 0 Å². The van der Waals surface area contributed by atoms with Crippen molar-refractivity contribution in [3.8, 4) is 0 Å². The molecule has 9 nitrogen and oxygen atoms in total. The number of primary amides is 1. The summed E-state index contributed by atoms with van der Waals surface area (Å²) in [6.45, 7) is 8.47. The molecule has 0 spiro atoms. The monoisotopic (exact) mass is 450 g/mol. The lowest BCUT2D eigenvalue weighted by atomic mass is 9.96. The number of fused-ring (bicyclic) bond motifs is 1. The Morgan fingerprint density at radius 1 is 1.09 bits per heavy atom. The maximum Gasteiger partial charge on any atom is 0.231 e. The molecule has 1 amide bonds. The van der Waals surface area contributed by atoms with Crippen LogP contribution in [-0.2, 0) is 16.8 Å². The van der Waals surface area contributed by atoms with Gasteiger partial charge in [0.2, 0.25) is 5.91 Å². The van der Waals surface area contributed by atoms with Gasteiger partial charge in [0.1, 0.15) is 5.82 Å². The highest BCUT2D eigenvalue weighted by Crippen LogP contribution is 2.23. The van der Waals surface area contributed by atoms with Crippen LogP contribution in [0.5, 0.6) is 0 Å². The van der Waals surface area contributed by atoms with Gasteiger partial charge in [0.25, 0.3) is 0 Å². The summed E-state index contributed by atoms with van der Waals surface area (Å²) in [5, 5.41) is 14.7. The van der Waals surface area contributed by atoms with Crippen molar-refractivity contribution in [3.05, 3.63) is 58.9 Å². The Kier molecular flexibility index (Phi) is 6.18. The van der Waals surface area contributed by atoms with Crippen molar-refractivity contribution >= 4 is 23.2 Å². The molecule has 0 radical (unpaired) electrons. The van der Waals surface area contributed by atoms with E-state index in [0.29, 0.717) is 16.9 Å². The number of nitrogens with two attached hydrogens (primary N) is 1. The van der Waals surface area contributed by atoms with Gasteiger partial charge in [-0.2, -0.15) is 9.61 Å². The van der Waals surface area contributed by atoms with Crippen LogP contribution < -0.4 is 10.6 Å². The summed E-state index contributed by atoms with van der Waals surface area (Å²) in [7, 11) is 0. The number of aromatic nitrogens is 3. The number of Topliss-reactive ketones (excluding diaryl/α,β-unsaturated/α-hetero) is 1. The van der Waals surface area contributed by atoms with Gasteiger partial charge in [0, 0.05) is 43.9 Å². The smallest absolute Gasteiger partial charge is 0.231 e. The zero-order chi connectivity index (χ0) is 23.8. The van der Waals surface area contributed by atoms with Gasteiger partial charge >= 0.3 is 0 Å². The van der Waals surface area contributed by atoms with Gasteiger partial charge in [-0.15, -0.1) is 0 Å². The third-order valence-electron chi connectivity index (χ3n) is 5.91. The molecule has 3 aromatic rings. The van der Waals surface area contributed by atoms with Crippen molar-refractivity contribution < 1.29 is 14.7 Å². The number of hydrogen-bond acceptors (Lipinski definition) is 7. The molecular formula is C24H30N6O3. The summed E-state index contributed by atoms with van der Waals surface area (Å²) in [6.07, 6.45) is 0.164. The number of carbonyl (C=O) groups excluding carboxylic acids is 2. The molecule has 3 heterocycles. The van der Waals surface area contributed by atoms with E-state index in [1.165, 1.54) is 0 Å². The Balaban J connectivity index is 1.56. The number of hydrogen-bond donors (Lipinski definition) is 2. The van der Waals surface area contributed by atoms with E-state index in [-0.39, 0.29) is 24.7 Å². The third kappa shape index (κ3) is 5.20. The van der Waals surface area contributed by atoms with Crippen molar-refractivity contribution in [2.45, 2.75) is 32.8 Å². The van der Waals surface area contributed by atoms with E-state index in [9.17, 15) is 14.7 Å². The number of benzene rings is 1. The standard InChI is InChI=1S/C24H30N6O3/c1-16-12-22-26-19(13-20(31)17-4-6-18(7-5-17)24(2,3)33)14-23(30(22)27-16)29-10-8-28(9-11-29)15-21(25)32/h4-7,12,14,33H,8-11,13,15H2,1-3H3,(H2,25,32). The van der Waals surface area contributed by atoms with Crippen LogP contribution in [-0.4, -0.2) is 69.0 Å². The Morgan fingerprint density at radius 3 is 2.36 bits per heavy atom. The van der Waals surface area contributed by atoms with Crippen molar-refractivity contribution in [1.82, 2.24) is 19.5 Å². The molecular weight excluding hydrogens is 420 g/mol. The first kappa shape index (κ1) is 22.9. The molecule has 0 bridgehead atoms. The summed E-state index contributed by atoms with van der Waals surface area (Å²) in [6, 6.07) is 10.9. The lowest BCUT2D eigenvalue weighted by Crippen LogP contribution is -2.49. The fourth-order valence-corrected chi connectivity index (χ4v) is 4.13. The average Bonchev–Trinajstić information content (AvgIpc) is 3.13. The number of rotatable bonds is 7. The van der Waals surface area contributed by atoms with E-state index >= 15 is 0 Å². The molecule has 0 atom stereocenters. The highest BCUT2D eigenvalue weighted by Gasteiger charge is 2.22. The number of nitrogens with zero attached hydrogens (tertiary/aromatic N) is 5. The second-order valence-corrected chi connectivity index (χ2v) is 9.13. The van der Waals surface area contributed by atoms with Crippen LogP contribution in [0, 0.1) is 6.92 Å². The Bertz CT molecular complexity index is 1170. The normalized spacial score (nSPS) is 15.2. The molecule has 174 valence electrons. The van der Waals surface area contributed by atoms with E-state index in [1.54, 1.807) is 38.1 Å². The molecule has 1 aromatic carbocycles. The molecule has 0 aliphatic carbocycles. The summed E-state index contributed by atoms with van der Waals surface area (Å²) in [5.74, 6) is 0.517. The van der Waals surface area contributed by atoms with E-state index in [1.807, 2.05) is 28.5 Å². The largest absolute Gasteiger partial charge is 0.386 e. The molecule has 2 aromatic heterocycles. The molecule has 1 aliphatic rings. The number of ketones is 1. The van der Waals surface area contributed by atoms with Crippen LogP contribution in [0.25, 0.3) is 5.65 Å².